The molecule has 1 amide bonds. The summed E-state index contributed by atoms with van der Waals surface area (Å²) in [5.74, 6) is 0.0123. The van der Waals surface area contributed by atoms with Gasteiger partial charge in [-0.05, 0) is 38.3 Å². The summed E-state index contributed by atoms with van der Waals surface area (Å²) in [6, 6.07) is 4.11. The average Bonchev–Trinajstić information content (AvgIpc) is 3.06. The van der Waals surface area contributed by atoms with E-state index in [9.17, 15) is 4.79 Å². The maximum Gasteiger partial charge on any atom is 0.249 e. The van der Waals surface area contributed by atoms with Gasteiger partial charge < -0.3 is 14.6 Å². The number of rotatable bonds is 6. The fourth-order valence-electron chi connectivity index (χ4n) is 2.74. The Morgan fingerprint density at radius 3 is 2.70 bits per heavy atom. The van der Waals surface area contributed by atoms with Crippen LogP contribution >= 0.6 is 0 Å². The number of amides is 1. The van der Waals surface area contributed by atoms with Gasteiger partial charge in [-0.1, -0.05) is 19.8 Å². The van der Waals surface area contributed by atoms with Crippen molar-refractivity contribution < 1.29 is 9.53 Å². The van der Waals surface area contributed by atoms with Gasteiger partial charge in [0.1, 0.15) is 6.10 Å². The molecule has 1 N–H and O–H groups in total. The lowest BCUT2D eigenvalue weighted by Gasteiger charge is -2.20. The van der Waals surface area contributed by atoms with Crippen molar-refractivity contribution >= 4 is 5.91 Å². The lowest BCUT2D eigenvalue weighted by molar-refractivity contribution is -0.137. The molecule has 0 aromatic carbocycles. The predicted octanol–water partition coefficient (Wildman–Crippen LogP) is 2.69. The summed E-state index contributed by atoms with van der Waals surface area (Å²) in [5, 5.41) is 2.99. The SMILES string of the molecule is CCC(OC1CCCC1)C(=O)NCc1ccc(C)n1C. The van der Waals surface area contributed by atoms with Crippen molar-refractivity contribution in [3.8, 4) is 0 Å². The first-order chi connectivity index (χ1) is 9.61. The molecule has 0 aliphatic heterocycles. The number of hydrogen-bond donors (Lipinski definition) is 1. The molecular weight excluding hydrogens is 252 g/mol. The number of aromatic nitrogens is 1. The third kappa shape index (κ3) is 3.63. The van der Waals surface area contributed by atoms with Gasteiger partial charge in [-0.15, -0.1) is 0 Å². The minimum absolute atomic E-state index is 0.0123. The third-order valence-electron chi connectivity index (χ3n) is 4.24. The number of carbonyl (C=O) groups is 1. The zero-order valence-electron chi connectivity index (χ0n) is 12.8. The van der Waals surface area contributed by atoms with E-state index in [-0.39, 0.29) is 18.1 Å². The summed E-state index contributed by atoms with van der Waals surface area (Å²) in [5.41, 5.74) is 2.31. The summed E-state index contributed by atoms with van der Waals surface area (Å²) >= 11 is 0. The molecule has 0 saturated heterocycles. The highest BCUT2D eigenvalue weighted by Gasteiger charge is 2.24. The second-order valence-corrected chi connectivity index (χ2v) is 5.68. The molecule has 20 heavy (non-hydrogen) atoms. The smallest absolute Gasteiger partial charge is 0.249 e. The van der Waals surface area contributed by atoms with Crippen LogP contribution in [0.3, 0.4) is 0 Å². The second-order valence-electron chi connectivity index (χ2n) is 5.68. The van der Waals surface area contributed by atoms with Crippen molar-refractivity contribution in [3.63, 3.8) is 0 Å². The quantitative estimate of drug-likeness (QED) is 0.869. The van der Waals surface area contributed by atoms with Crippen LogP contribution in [0.4, 0.5) is 0 Å². The normalized spacial score (nSPS) is 17.4. The molecule has 0 bridgehead atoms. The Labute approximate surface area is 121 Å². The van der Waals surface area contributed by atoms with Crippen LogP contribution < -0.4 is 5.32 Å². The molecule has 0 spiro atoms. The molecule has 1 saturated carbocycles. The van der Waals surface area contributed by atoms with Crippen LogP contribution in [-0.2, 0) is 23.1 Å². The predicted molar refractivity (Wildman–Crippen MR) is 79.4 cm³/mol. The molecule has 1 aromatic rings. The van der Waals surface area contributed by atoms with E-state index in [0.29, 0.717) is 6.54 Å². The van der Waals surface area contributed by atoms with Crippen LogP contribution in [0.25, 0.3) is 0 Å². The van der Waals surface area contributed by atoms with Gasteiger partial charge in [0.05, 0.1) is 12.6 Å². The van der Waals surface area contributed by atoms with E-state index < -0.39 is 0 Å². The molecule has 1 aromatic heterocycles. The van der Waals surface area contributed by atoms with Gasteiger partial charge in [-0.2, -0.15) is 0 Å². The van der Waals surface area contributed by atoms with E-state index in [2.05, 4.69) is 22.9 Å². The van der Waals surface area contributed by atoms with Crippen LogP contribution in [0.5, 0.6) is 0 Å². The van der Waals surface area contributed by atoms with Crippen molar-refractivity contribution in [2.45, 2.75) is 64.7 Å². The summed E-state index contributed by atoms with van der Waals surface area (Å²) in [6.07, 6.45) is 5.36. The van der Waals surface area contributed by atoms with Crippen LogP contribution in [-0.4, -0.2) is 22.7 Å². The van der Waals surface area contributed by atoms with Gasteiger partial charge in [0.15, 0.2) is 0 Å². The Morgan fingerprint density at radius 2 is 2.15 bits per heavy atom. The molecule has 1 atom stereocenters. The number of aryl methyl sites for hydroxylation is 1. The third-order valence-corrected chi connectivity index (χ3v) is 4.24. The standard InChI is InChI=1S/C16H26N2O2/c1-4-15(20-14-7-5-6-8-14)16(19)17-11-13-10-9-12(2)18(13)3/h9-10,14-15H,4-8,11H2,1-3H3,(H,17,19). The Morgan fingerprint density at radius 1 is 1.45 bits per heavy atom. The first-order valence-corrected chi connectivity index (χ1v) is 7.66. The minimum atomic E-state index is -0.306. The molecule has 2 rings (SSSR count). The fourth-order valence-corrected chi connectivity index (χ4v) is 2.74. The maximum absolute atomic E-state index is 12.2. The highest BCUT2D eigenvalue weighted by atomic mass is 16.5. The Kier molecular flexibility index (Phi) is 5.24. The van der Waals surface area contributed by atoms with Gasteiger partial charge >= 0.3 is 0 Å². The first kappa shape index (κ1) is 15.1. The van der Waals surface area contributed by atoms with E-state index in [1.165, 1.54) is 18.5 Å². The van der Waals surface area contributed by atoms with E-state index >= 15 is 0 Å². The van der Waals surface area contributed by atoms with Gasteiger partial charge in [0.2, 0.25) is 5.91 Å². The minimum Gasteiger partial charge on any atom is -0.365 e. The van der Waals surface area contributed by atoms with Crippen molar-refractivity contribution in [2.24, 2.45) is 7.05 Å². The number of carbonyl (C=O) groups excluding carboxylic acids is 1. The largest absolute Gasteiger partial charge is 0.365 e. The summed E-state index contributed by atoms with van der Waals surface area (Å²) in [6.45, 7) is 4.63. The highest BCUT2D eigenvalue weighted by molar-refractivity contribution is 5.80. The lowest BCUT2D eigenvalue weighted by atomic mass is 10.2. The van der Waals surface area contributed by atoms with Gasteiger partial charge in [-0.3, -0.25) is 4.79 Å². The molecule has 1 heterocycles. The zero-order valence-corrected chi connectivity index (χ0v) is 12.8. The van der Waals surface area contributed by atoms with Crippen LogP contribution in [0, 0.1) is 6.92 Å². The number of nitrogens with zero attached hydrogens (tertiary/aromatic N) is 1. The van der Waals surface area contributed by atoms with Crippen LogP contribution in [0.15, 0.2) is 12.1 Å². The molecule has 1 fully saturated rings. The second kappa shape index (κ2) is 6.93. The molecule has 4 nitrogen and oxygen atoms in total. The van der Waals surface area contributed by atoms with E-state index in [4.69, 9.17) is 4.74 Å². The summed E-state index contributed by atoms with van der Waals surface area (Å²) in [4.78, 5) is 12.2. The van der Waals surface area contributed by atoms with Gasteiger partial charge in [-0.25, -0.2) is 0 Å². The molecule has 1 unspecified atom stereocenters. The van der Waals surface area contributed by atoms with Crippen molar-refractivity contribution in [3.05, 3.63) is 23.5 Å². The van der Waals surface area contributed by atoms with Gasteiger partial charge in [0.25, 0.3) is 0 Å². The summed E-state index contributed by atoms with van der Waals surface area (Å²) in [7, 11) is 2.02. The van der Waals surface area contributed by atoms with E-state index in [1.54, 1.807) is 0 Å². The number of ether oxygens (including phenoxy) is 1. The lowest BCUT2D eigenvalue weighted by Crippen LogP contribution is -2.37. The molecular formula is C16H26N2O2. The Bertz CT molecular complexity index is 447. The topological polar surface area (TPSA) is 43.3 Å². The highest BCUT2D eigenvalue weighted by Crippen LogP contribution is 2.23. The van der Waals surface area contributed by atoms with Gasteiger partial charge in [0, 0.05) is 18.4 Å². The first-order valence-electron chi connectivity index (χ1n) is 7.66. The number of hydrogen-bond acceptors (Lipinski definition) is 2. The fraction of sp³-hybridized carbons (Fsp3) is 0.688. The van der Waals surface area contributed by atoms with Crippen molar-refractivity contribution in [2.75, 3.05) is 0 Å². The Balaban J connectivity index is 1.84. The van der Waals surface area contributed by atoms with Crippen LogP contribution in [0.1, 0.15) is 50.4 Å². The van der Waals surface area contributed by atoms with E-state index in [1.807, 2.05) is 20.0 Å². The van der Waals surface area contributed by atoms with E-state index in [0.717, 1.165) is 25.0 Å². The van der Waals surface area contributed by atoms with Crippen molar-refractivity contribution in [1.29, 1.82) is 0 Å². The molecule has 1 aliphatic carbocycles. The molecule has 4 heteroatoms. The number of nitrogens with one attached hydrogen (secondary N) is 1. The monoisotopic (exact) mass is 278 g/mol. The maximum atomic E-state index is 12.2. The molecule has 0 radical (unpaired) electrons. The molecule has 1 aliphatic rings. The zero-order chi connectivity index (χ0) is 14.5. The van der Waals surface area contributed by atoms with Crippen LogP contribution in [0.2, 0.25) is 0 Å². The average molecular weight is 278 g/mol. The van der Waals surface area contributed by atoms with Crippen molar-refractivity contribution in [1.82, 2.24) is 9.88 Å². The summed E-state index contributed by atoms with van der Waals surface area (Å²) < 4.78 is 8.02. The Hall–Kier alpha value is -1.29. The molecule has 112 valence electrons.